The van der Waals surface area contributed by atoms with Gasteiger partial charge in [0.1, 0.15) is 0 Å². The molecule has 0 aliphatic carbocycles. The van der Waals surface area contributed by atoms with Crippen LogP contribution in [0.3, 0.4) is 0 Å². The fourth-order valence-corrected chi connectivity index (χ4v) is 2.26. The first-order chi connectivity index (χ1) is 8.86. The summed E-state index contributed by atoms with van der Waals surface area (Å²) in [6.07, 6.45) is 2.43. The molecule has 19 heavy (non-hydrogen) atoms. The van der Waals surface area contributed by atoms with E-state index in [1.165, 1.54) is 12.1 Å². The van der Waals surface area contributed by atoms with E-state index in [-0.39, 0.29) is 17.4 Å². The summed E-state index contributed by atoms with van der Waals surface area (Å²) in [5.74, 6) is -0.291. The van der Waals surface area contributed by atoms with E-state index in [9.17, 15) is 13.2 Å². The summed E-state index contributed by atoms with van der Waals surface area (Å²) in [5, 5.41) is 11.3. The molecule has 1 aromatic rings. The van der Waals surface area contributed by atoms with E-state index < -0.39 is 9.84 Å². The molecule has 0 saturated heterocycles. The number of aliphatic hydroxyl groups excluding tert-OH is 1. The van der Waals surface area contributed by atoms with E-state index in [1.54, 1.807) is 13.0 Å². The molecule has 0 heterocycles. The monoisotopic (exact) mass is 285 g/mol. The minimum absolute atomic E-state index is 0.0957. The standard InChI is InChI=1S/C13H19NO4S/c1-10-5-6-11(19(2,17)18)9-12(10)13(16)14-7-3-4-8-15/h5-6,9,15H,3-4,7-8H2,1-2H3,(H,14,16). The molecule has 0 aliphatic rings. The fourth-order valence-electron chi connectivity index (χ4n) is 1.61. The number of aryl methyl sites for hydroxylation is 1. The molecule has 0 unspecified atom stereocenters. The van der Waals surface area contributed by atoms with Crippen molar-refractivity contribution in [3.63, 3.8) is 0 Å². The lowest BCUT2D eigenvalue weighted by Crippen LogP contribution is -2.25. The summed E-state index contributed by atoms with van der Waals surface area (Å²) in [7, 11) is -3.32. The van der Waals surface area contributed by atoms with Crippen LogP contribution in [0.2, 0.25) is 0 Å². The third-order valence-electron chi connectivity index (χ3n) is 2.75. The number of carbonyl (C=O) groups excluding carboxylic acids is 1. The average Bonchev–Trinajstić information content (AvgIpc) is 2.33. The van der Waals surface area contributed by atoms with Crippen LogP contribution in [-0.2, 0) is 9.84 Å². The number of sulfone groups is 1. The van der Waals surface area contributed by atoms with Gasteiger partial charge in [-0.1, -0.05) is 6.07 Å². The quantitative estimate of drug-likeness (QED) is 0.761. The minimum Gasteiger partial charge on any atom is -0.396 e. The Labute approximate surface area is 113 Å². The average molecular weight is 285 g/mol. The molecule has 1 rings (SSSR count). The molecule has 0 fully saturated rings. The molecular formula is C13H19NO4S. The van der Waals surface area contributed by atoms with Gasteiger partial charge in [-0.05, 0) is 37.5 Å². The Balaban J connectivity index is 2.84. The van der Waals surface area contributed by atoms with Gasteiger partial charge in [-0.3, -0.25) is 4.79 Å². The van der Waals surface area contributed by atoms with Gasteiger partial charge in [0.15, 0.2) is 9.84 Å². The van der Waals surface area contributed by atoms with Crippen LogP contribution in [0, 0.1) is 6.92 Å². The van der Waals surface area contributed by atoms with E-state index in [2.05, 4.69) is 5.32 Å². The van der Waals surface area contributed by atoms with Crippen LogP contribution in [0.15, 0.2) is 23.1 Å². The molecule has 2 N–H and O–H groups in total. The number of rotatable bonds is 6. The Kier molecular flexibility index (Phi) is 5.50. The van der Waals surface area contributed by atoms with Crippen LogP contribution < -0.4 is 5.32 Å². The van der Waals surface area contributed by atoms with Crippen molar-refractivity contribution in [3.8, 4) is 0 Å². The van der Waals surface area contributed by atoms with Crippen molar-refractivity contribution in [2.45, 2.75) is 24.7 Å². The van der Waals surface area contributed by atoms with Gasteiger partial charge >= 0.3 is 0 Å². The number of amides is 1. The molecular weight excluding hydrogens is 266 g/mol. The van der Waals surface area contributed by atoms with Crippen LogP contribution in [-0.4, -0.2) is 38.8 Å². The molecule has 0 aliphatic heterocycles. The first-order valence-corrected chi connectivity index (χ1v) is 7.95. The molecule has 0 radical (unpaired) electrons. The Morgan fingerprint density at radius 2 is 2.00 bits per heavy atom. The van der Waals surface area contributed by atoms with Crippen molar-refractivity contribution in [2.75, 3.05) is 19.4 Å². The predicted molar refractivity (Wildman–Crippen MR) is 72.9 cm³/mol. The second-order valence-electron chi connectivity index (χ2n) is 4.44. The lowest BCUT2D eigenvalue weighted by molar-refractivity contribution is 0.0951. The maximum atomic E-state index is 11.9. The minimum atomic E-state index is -3.32. The highest BCUT2D eigenvalue weighted by molar-refractivity contribution is 7.90. The van der Waals surface area contributed by atoms with Crippen molar-refractivity contribution in [1.82, 2.24) is 5.32 Å². The highest BCUT2D eigenvalue weighted by atomic mass is 32.2. The third kappa shape index (κ3) is 4.65. The van der Waals surface area contributed by atoms with Crippen LogP contribution in [0.4, 0.5) is 0 Å². The van der Waals surface area contributed by atoms with Crippen molar-refractivity contribution >= 4 is 15.7 Å². The Hall–Kier alpha value is -1.40. The highest BCUT2D eigenvalue weighted by Gasteiger charge is 2.13. The van der Waals surface area contributed by atoms with E-state index in [4.69, 9.17) is 5.11 Å². The SMILES string of the molecule is Cc1ccc(S(C)(=O)=O)cc1C(=O)NCCCCO. The summed E-state index contributed by atoms with van der Waals surface area (Å²) in [6, 6.07) is 4.51. The lowest BCUT2D eigenvalue weighted by atomic mass is 10.1. The van der Waals surface area contributed by atoms with E-state index >= 15 is 0 Å². The smallest absolute Gasteiger partial charge is 0.251 e. The number of aliphatic hydroxyl groups is 1. The van der Waals surface area contributed by atoms with Crippen LogP contribution in [0.1, 0.15) is 28.8 Å². The summed E-state index contributed by atoms with van der Waals surface area (Å²) < 4.78 is 22.9. The van der Waals surface area contributed by atoms with Crippen molar-refractivity contribution in [3.05, 3.63) is 29.3 Å². The van der Waals surface area contributed by atoms with E-state index in [0.717, 1.165) is 11.8 Å². The van der Waals surface area contributed by atoms with E-state index in [0.29, 0.717) is 24.9 Å². The second-order valence-corrected chi connectivity index (χ2v) is 6.45. The largest absolute Gasteiger partial charge is 0.396 e. The lowest BCUT2D eigenvalue weighted by Gasteiger charge is -2.09. The molecule has 0 aromatic heterocycles. The molecule has 106 valence electrons. The zero-order valence-electron chi connectivity index (χ0n) is 11.1. The molecule has 0 bridgehead atoms. The number of hydrogen-bond donors (Lipinski definition) is 2. The Bertz CT molecular complexity index is 552. The van der Waals surface area contributed by atoms with Gasteiger partial charge in [-0.15, -0.1) is 0 Å². The fraction of sp³-hybridized carbons (Fsp3) is 0.462. The van der Waals surface area contributed by atoms with Crippen LogP contribution in [0.5, 0.6) is 0 Å². The number of carbonyl (C=O) groups is 1. The van der Waals surface area contributed by atoms with Crippen molar-refractivity contribution < 1.29 is 18.3 Å². The topological polar surface area (TPSA) is 83.5 Å². The molecule has 1 aromatic carbocycles. The molecule has 0 atom stereocenters. The summed E-state index contributed by atoms with van der Waals surface area (Å²) >= 11 is 0. The Morgan fingerprint density at radius 1 is 1.32 bits per heavy atom. The molecule has 0 spiro atoms. The highest BCUT2D eigenvalue weighted by Crippen LogP contribution is 2.15. The third-order valence-corrected chi connectivity index (χ3v) is 3.86. The predicted octanol–water partition coefficient (Wildman–Crippen LogP) is 0.901. The van der Waals surface area contributed by atoms with Gasteiger partial charge in [0, 0.05) is 25.0 Å². The second kappa shape index (κ2) is 6.68. The Morgan fingerprint density at radius 3 is 2.58 bits per heavy atom. The van der Waals surface area contributed by atoms with E-state index in [1.807, 2.05) is 0 Å². The summed E-state index contributed by atoms with van der Waals surface area (Å²) in [4.78, 5) is 12.1. The maximum absolute atomic E-state index is 11.9. The van der Waals surface area contributed by atoms with Crippen LogP contribution >= 0.6 is 0 Å². The maximum Gasteiger partial charge on any atom is 0.251 e. The zero-order valence-corrected chi connectivity index (χ0v) is 12.0. The van der Waals surface area contributed by atoms with Gasteiger partial charge in [0.25, 0.3) is 5.91 Å². The van der Waals surface area contributed by atoms with Gasteiger partial charge in [0.2, 0.25) is 0 Å². The number of unbranched alkanes of at least 4 members (excludes halogenated alkanes) is 1. The van der Waals surface area contributed by atoms with Crippen LogP contribution in [0.25, 0.3) is 0 Å². The summed E-state index contributed by atoms with van der Waals surface area (Å²) in [5.41, 5.74) is 1.10. The molecule has 1 amide bonds. The normalized spacial score (nSPS) is 11.3. The van der Waals surface area contributed by atoms with Crippen molar-refractivity contribution in [1.29, 1.82) is 0 Å². The zero-order chi connectivity index (χ0) is 14.5. The van der Waals surface area contributed by atoms with Gasteiger partial charge < -0.3 is 10.4 Å². The number of benzene rings is 1. The summed E-state index contributed by atoms with van der Waals surface area (Å²) in [6.45, 7) is 2.31. The first-order valence-electron chi connectivity index (χ1n) is 6.06. The molecule has 0 saturated carbocycles. The first kappa shape index (κ1) is 15.7. The van der Waals surface area contributed by atoms with Crippen molar-refractivity contribution in [2.24, 2.45) is 0 Å². The van der Waals surface area contributed by atoms with Gasteiger partial charge in [0.05, 0.1) is 4.90 Å². The number of nitrogens with one attached hydrogen (secondary N) is 1. The van der Waals surface area contributed by atoms with Gasteiger partial charge in [-0.25, -0.2) is 8.42 Å². The number of hydrogen-bond acceptors (Lipinski definition) is 4. The molecule has 6 heteroatoms. The van der Waals surface area contributed by atoms with Gasteiger partial charge in [-0.2, -0.15) is 0 Å². The molecule has 5 nitrogen and oxygen atoms in total.